The summed E-state index contributed by atoms with van der Waals surface area (Å²) in [4.78, 5) is 26.7. The maximum atomic E-state index is 12.6. The Morgan fingerprint density at radius 3 is 2.87 bits per heavy atom. The molecule has 0 spiro atoms. The lowest BCUT2D eigenvalue weighted by Gasteiger charge is -2.21. The van der Waals surface area contributed by atoms with Gasteiger partial charge in [-0.25, -0.2) is 9.97 Å². The predicted octanol–water partition coefficient (Wildman–Crippen LogP) is 4.03. The second kappa shape index (κ2) is 8.95. The summed E-state index contributed by atoms with van der Waals surface area (Å²) in [6, 6.07) is 8.02. The van der Waals surface area contributed by atoms with Gasteiger partial charge in [0.1, 0.15) is 11.5 Å². The molecule has 3 aromatic rings. The summed E-state index contributed by atoms with van der Waals surface area (Å²) in [5.41, 5.74) is 3.90. The first kappa shape index (κ1) is 19.9. The van der Waals surface area contributed by atoms with Gasteiger partial charge in [0.25, 0.3) is 5.91 Å². The fourth-order valence-electron chi connectivity index (χ4n) is 3.54. The van der Waals surface area contributed by atoms with Crippen molar-refractivity contribution in [3.63, 3.8) is 0 Å². The molecule has 0 aromatic carbocycles. The van der Waals surface area contributed by atoms with Gasteiger partial charge < -0.3 is 15.2 Å². The van der Waals surface area contributed by atoms with Crippen LogP contribution in [0, 0.1) is 0 Å². The summed E-state index contributed by atoms with van der Waals surface area (Å²) in [7, 11) is 1.98. The second-order valence-electron chi connectivity index (χ2n) is 7.68. The molecule has 0 bridgehead atoms. The van der Waals surface area contributed by atoms with Crippen molar-refractivity contribution >= 4 is 22.8 Å². The number of aromatic nitrogens is 3. The largest absolute Gasteiger partial charge is 0.355 e. The molecule has 1 saturated carbocycles. The highest BCUT2D eigenvalue weighted by Gasteiger charge is 2.25. The van der Waals surface area contributed by atoms with Gasteiger partial charge in [-0.15, -0.1) is 0 Å². The van der Waals surface area contributed by atoms with Gasteiger partial charge >= 0.3 is 0 Å². The molecule has 4 rings (SSSR count). The Balaban J connectivity index is 1.51. The van der Waals surface area contributed by atoms with Crippen LogP contribution in [0.5, 0.6) is 0 Å². The topological polar surface area (TPSA) is 73.9 Å². The molecule has 1 aliphatic rings. The van der Waals surface area contributed by atoms with Crippen LogP contribution in [0.15, 0.2) is 66.7 Å². The predicted molar refractivity (Wildman–Crippen MR) is 121 cm³/mol. The van der Waals surface area contributed by atoms with Crippen LogP contribution in [0.4, 0.5) is 5.82 Å². The SMILES string of the molecule is C/C=C\C(=C/Cc1c[nH]c2ncccc12)CN(C)c1ncccc1C(=O)NC1CC1. The average molecular weight is 402 g/mol. The number of aromatic amines is 1. The zero-order chi connectivity index (χ0) is 20.9. The number of nitrogens with zero attached hydrogens (tertiary/aromatic N) is 3. The number of hydrogen-bond donors (Lipinski definition) is 2. The van der Waals surface area contributed by atoms with E-state index in [0.717, 1.165) is 35.9 Å². The van der Waals surface area contributed by atoms with E-state index in [1.54, 1.807) is 12.4 Å². The number of nitrogens with one attached hydrogen (secondary N) is 2. The third-order valence-corrected chi connectivity index (χ3v) is 5.23. The Morgan fingerprint density at radius 2 is 2.07 bits per heavy atom. The van der Waals surface area contributed by atoms with E-state index < -0.39 is 0 Å². The fourth-order valence-corrected chi connectivity index (χ4v) is 3.54. The summed E-state index contributed by atoms with van der Waals surface area (Å²) in [6.45, 7) is 2.67. The lowest BCUT2D eigenvalue weighted by Crippen LogP contribution is -2.29. The van der Waals surface area contributed by atoms with Crippen molar-refractivity contribution in [2.24, 2.45) is 0 Å². The molecule has 0 radical (unpaired) electrons. The summed E-state index contributed by atoms with van der Waals surface area (Å²) in [6.07, 6.45) is 14.8. The third kappa shape index (κ3) is 4.59. The maximum absolute atomic E-state index is 12.6. The molecule has 6 nitrogen and oxygen atoms in total. The quantitative estimate of drug-likeness (QED) is 0.559. The number of pyridine rings is 2. The standard InChI is InChI=1S/C24H27N5O/c1-3-6-17(9-10-18-15-27-22-20(18)7-4-13-25-22)16-29(2)23-21(8-5-14-26-23)24(30)28-19-11-12-19/h3-9,13-15,19H,10-12,16H2,1-2H3,(H,25,27)(H,28,30)/b6-3-,17-9+. The molecule has 0 aliphatic heterocycles. The van der Waals surface area contributed by atoms with Crippen molar-refractivity contribution in [3.05, 3.63) is 77.8 Å². The van der Waals surface area contributed by atoms with Crippen LogP contribution in [0.2, 0.25) is 0 Å². The molecule has 6 heteroatoms. The van der Waals surface area contributed by atoms with Crippen LogP contribution < -0.4 is 10.2 Å². The van der Waals surface area contributed by atoms with Gasteiger partial charge in [-0.1, -0.05) is 18.2 Å². The fraction of sp³-hybridized carbons (Fsp3) is 0.292. The van der Waals surface area contributed by atoms with E-state index in [9.17, 15) is 4.79 Å². The van der Waals surface area contributed by atoms with Crippen LogP contribution in [0.25, 0.3) is 11.0 Å². The van der Waals surface area contributed by atoms with Gasteiger partial charge in [0.05, 0.1) is 5.56 Å². The van der Waals surface area contributed by atoms with Crippen LogP contribution in [0.3, 0.4) is 0 Å². The number of H-pyrrole nitrogens is 1. The van der Waals surface area contributed by atoms with E-state index in [-0.39, 0.29) is 5.91 Å². The Hall–Kier alpha value is -3.41. The Bertz CT molecular complexity index is 1090. The zero-order valence-electron chi connectivity index (χ0n) is 17.4. The van der Waals surface area contributed by atoms with Crippen LogP contribution in [0.1, 0.15) is 35.7 Å². The van der Waals surface area contributed by atoms with E-state index in [0.29, 0.717) is 24.0 Å². The van der Waals surface area contributed by atoms with Crippen LogP contribution >= 0.6 is 0 Å². The van der Waals surface area contributed by atoms with Gasteiger partial charge in [0.15, 0.2) is 0 Å². The van der Waals surface area contributed by atoms with Crippen molar-refractivity contribution in [2.45, 2.75) is 32.2 Å². The molecule has 1 amide bonds. The number of rotatable bonds is 8. The lowest BCUT2D eigenvalue weighted by atomic mass is 10.1. The van der Waals surface area contributed by atoms with Crippen molar-refractivity contribution in [1.82, 2.24) is 20.3 Å². The number of carbonyl (C=O) groups excluding carboxylic acids is 1. The summed E-state index contributed by atoms with van der Waals surface area (Å²) in [5, 5.41) is 4.21. The van der Waals surface area contributed by atoms with Crippen molar-refractivity contribution < 1.29 is 4.79 Å². The van der Waals surface area contributed by atoms with Crippen molar-refractivity contribution in [2.75, 3.05) is 18.5 Å². The summed E-state index contributed by atoms with van der Waals surface area (Å²) in [5.74, 6) is 0.651. The highest BCUT2D eigenvalue weighted by atomic mass is 16.1. The van der Waals surface area contributed by atoms with E-state index in [1.165, 1.54) is 5.56 Å². The number of amides is 1. The molecule has 0 atom stereocenters. The van der Waals surface area contributed by atoms with Crippen LogP contribution in [-0.2, 0) is 6.42 Å². The lowest BCUT2D eigenvalue weighted by molar-refractivity contribution is 0.0951. The first-order valence-corrected chi connectivity index (χ1v) is 10.4. The van der Waals surface area contributed by atoms with E-state index in [4.69, 9.17) is 0 Å². The molecule has 2 N–H and O–H groups in total. The van der Waals surface area contributed by atoms with E-state index in [2.05, 4.69) is 38.5 Å². The maximum Gasteiger partial charge on any atom is 0.255 e. The normalized spacial score (nSPS) is 14.4. The third-order valence-electron chi connectivity index (χ3n) is 5.23. The Morgan fingerprint density at radius 1 is 1.27 bits per heavy atom. The molecule has 0 unspecified atom stereocenters. The number of hydrogen-bond acceptors (Lipinski definition) is 4. The first-order chi connectivity index (χ1) is 14.7. The number of carbonyl (C=O) groups is 1. The smallest absolute Gasteiger partial charge is 0.255 e. The molecule has 3 aromatic heterocycles. The zero-order valence-corrected chi connectivity index (χ0v) is 17.4. The number of likely N-dealkylation sites (N-methyl/N-ethyl adjacent to an activating group) is 1. The van der Waals surface area contributed by atoms with E-state index in [1.807, 2.05) is 49.3 Å². The monoisotopic (exact) mass is 401 g/mol. The number of anilines is 1. The van der Waals surface area contributed by atoms with Gasteiger partial charge in [-0.3, -0.25) is 4.79 Å². The molecule has 1 fully saturated rings. The van der Waals surface area contributed by atoms with Crippen molar-refractivity contribution in [1.29, 1.82) is 0 Å². The molecule has 30 heavy (non-hydrogen) atoms. The molecule has 1 aliphatic carbocycles. The minimum Gasteiger partial charge on any atom is -0.355 e. The van der Waals surface area contributed by atoms with Crippen LogP contribution in [-0.4, -0.2) is 40.5 Å². The first-order valence-electron chi connectivity index (χ1n) is 10.4. The number of fused-ring (bicyclic) bond motifs is 1. The molecular formula is C24H27N5O. The molecular weight excluding hydrogens is 374 g/mol. The second-order valence-corrected chi connectivity index (χ2v) is 7.68. The summed E-state index contributed by atoms with van der Waals surface area (Å²) >= 11 is 0. The van der Waals surface area contributed by atoms with Gasteiger partial charge in [0.2, 0.25) is 0 Å². The van der Waals surface area contributed by atoms with Gasteiger partial charge in [-0.05, 0) is 61.6 Å². The summed E-state index contributed by atoms with van der Waals surface area (Å²) < 4.78 is 0. The van der Waals surface area contributed by atoms with E-state index >= 15 is 0 Å². The number of allylic oxidation sites excluding steroid dienone is 2. The average Bonchev–Trinajstić information content (AvgIpc) is 3.48. The van der Waals surface area contributed by atoms with Gasteiger partial charge in [-0.2, -0.15) is 0 Å². The highest BCUT2D eigenvalue weighted by Crippen LogP contribution is 2.23. The molecule has 0 saturated heterocycles. The molecule has 154 valence electrons. The highest BCUT2D eigenvalue weighted by molar-refractivity contribution is 5.99. The Labute approximate surface area is 176 Å². The molecule has 3 heterocycles. The van der Waals surface area contributed by atoms with Crippen molar-refractivity contribution in [3.8, 4) is 0 Å². The minimum atomic E-state index is -0.0460. The van der Waals surface area contributed by atoms with Gasteiger partial charge in [0, 0.05) is 43.6 Å². The Kier molecular flexibility index (Phi) is 5.93. The minimum absolute atomic E-state index is 0.0460.